The van der Waals surface area contributed by atoms with Crippen molar-refractivity contribution >= 4 is 34.1 Å². The second kappa shape index (κ2) is 6.81. The smallest absolute Gasteiger partial charge is 0.225 e. The number of rotatable bonds is 4. The topological polar surface area (TPSA) is 62.5 Å². The highest BCUT2D eigenvalue weighted by molar-refractivity contribution is 6.36. The third-order valence-corrected chi connectivity index (χ3v) is 5.45. The zero-order valence-corrected chi connectivity index (χ0v) is 15.0. The quantitative estimate of drug-likeness (QED) is 0.911. The number of piperazine rings is 1. The third kappa shape index (κ3) is 3.18. The summed E-state index contributed by atoms with van der Waals surface area (Å²) in [5.41, 5.74) is 9.02. The molecule has 2 aromatic rings. The third-order valence-electron chi connectivity index (χ3n) is 5.14. The first-order valence-electron chi connectivity index (χ1n) is 8.99. The van der Waals surface area contributed by atoms with Crippen LogP contribution < -0.4 is 10.6 Å². The summed E-state index contributed by atoms with van der Waals surface area (Å²) in [6.45, 7) is 3.76. The van der Waals surface area contributed by atoms with Crippen molar-refractivity contribution in [1.82, 2.24) is 9.88 Å². The van der Waals surface area contributed by atoms with Crippen LogP contribution in [0.25, 0.3) is 10.9 Å². The normalized spacial score (nSPS) is 18.0. The van der Waals surface area contributed by atoms with Crippen molar-refractivity contribution in [2.75, 3.05) is 37.6 Å². The Kier molecular flexibility index (Phi) is 4.52. The van der Waals surface area contributed by atoms with Crippen LogP contribution in [0.2, 0.25) is 5.02 Å². The molecule has 1 aliphatic carbocycles. The van der Waals surface area contributed by atoms with Gasteiger partial charge in [-0.25, -0.2) is 0 Å². The van der Waals surface area contributed by atoms with E-state index < -0.39 is 0 Å². The zero-order valence-electron chi connectivity index (χ0n) is 14.2. The Bertz CT molecular complexity index is 797. The van der Waals surface area contributed by atoms with Gasteiger partial charge in [0.15, 0.2) is 0 Å². The van der Waals surface area contributed by atoms with Gasteiger partial charge >= 0.3 is 0 Å². The molecule has 1 aromatic carbocycles. The average Bonchev–Trinajstić information content (AvgIpc) is 3.47. The molecule has 2 aliphatic rings. The minimum atomic E-state index is 0.289. The van der Waals surface area contributed by atoms with Crippen LogP contribution in [0, 0.1) is 5.92 Å². The Morgan fingerprint density at radius 1 is 1.28 bits per heavy atom. The van der Waals surface area contributed by atoms with E-state index in [2.05, 4.69) is 9.88 Å². The molecule has 5 nitrogen and oxygen atoms in total. The van der Waals surface area contributed by atoms with Crippen LogP contribution in [0.4, 0.5) is 5.69 Å². The molecule has 1 aliphatic heterocycles. The molecule has 1 aromatic heterocycles. The summed E-state index contributed by atoms with van der Waals surface area (Å²) in [7, 11) is 0. The maximum atomic E-state index is 12.3. The molecule has 1 saturated carbocycles. The number of nitrogens with zero attached hydrogens (tertiary/aromatic N) is 3. The molecule has 4 rings (SSSR count). The van der Waals surface area contributed by atoms with Crippen LogP contribution in [0.15, 0.2) is 24.4 Å². The lowest BCUT2D eigenvalue weighted by atomic mass is 10.0. The van der Waals surface area contributed by atoms with Gasteiger partial charge < -0.3 is 15.5 Å². The number of fused-ring (bicyclic) bond motifs is 1. The number of carbonyl (C=O) groups is 1. The first kappa shape index (κ1) is 16.6. The molecule has 0 atom stereocenters. The van der Waals surface area contributed by atoms with E-state index in [9.17, 15) is 4.79 Å². The Morgan fingerprint density at radius 2 is 2.04 bits per heavy atom. The Balaban J connectivity index is 1.65. The number of hydrogen-bond donors (Lipinski definition) is 1. The van der Waals surface area contributed by atoms with Gasteiger partial charge in [0, 0.05) is 43.7 Å². The number of benzene rings is 1. The van der Waals surface area contributed by atoms with Crippen molar-refractivity contribution in [1.29, 1.82) is 0 Å². The molecule has 2 N–H and O–H groups in total. The molecule has 25 heavy (non-hydrogen) atoms. The molecular weight excluding hydrogens is 336 g/mol. The molecular formula is C19H23ClN4O. The van der Waals surface area contributed by atoms with Crippen molar-refractivity contribution in [2.24, 2.45) is 11.7 Å². The SMILES string of the molecule is NCCc1cc(Cl)c2cccnc2c1N1CCN(C(=O)C2CC2)CC1. The lowest BCUT2D eigenvalue weighted by Crippen LogP contribution is -2.49. The van der Waals surface area contributed by atoms with Crippen molar-refractivity contribution in [2.45, 2.75) is 19.3 Å². The van der Waals surface area contributed by atoms with Crippen LogP contribution in [0.1, 0.15) is 18.4 Å². The van der Waals surface area contributed by atoms with Gasteiger partial charge in [0.05, 0.1) is 16.2 Å². The monoisotopic (exact) mass is 358 g/mol. The van der Waals surface area contributed by atoms with Crippen LogP contribution in [-0.4, -0.2) is 48.5 Å². The number of pyridine rings is 1. The standard InChI is InChI=1S/C19H23ClN4O/c20-16-12-14(5-6-21)18(17-15(16)2-1-7-22-17)23-8-10-24(11-9-23)19(25)13-3-4-13/h1-2,7,12-13H,3-6,8-11,21H2. The molecule has 2 fully saturated rings. The van der Waals surface area contributed by atoms with Crippen LogP contribution in [0.3, 0.4) is 0 Å². The number of amides is 1. The van der Waals surface area contributed by atoms with E-state index in [-0.39, 0.29) is 5.92 Å². The Morgan fingerprint density at radius 3 is 2.72 bits per heavy atom. The summed E-state index contributed by atoms with van der Waals surface area (Å²) in [6, 6.07) is 5.94. The highest BCUT2D eigenvalue weighted by Crippen LogP contribution is 2.36. The van der Waals surface area contributed by atoms with Crippen LogP contribution in [-0.2, 0) is 11.2 Å². The Labute approximate surface area is 152 Å². The van der Waals surface area contributed by atoms with Gasteiger partial charge in [0.25, 0.3) is 0 Å². The zero-order chi connectivity index (χ0) is 17.4. The van der Waals surface area contributed by atoms with Crippen molar-refractivity contribution in [3.63, 3.8) is 0 Å². The van der Waals surface area contributed by atoms with Crippen molar-refractivity contribution < 1.29 is 4.79 Å². The summed E-state index contributed by atoms with van der Waals surface area (Å²) in [5, 5.41) is 1.69. The molecule has 132 valence electrons. The van der Waals surface area contributed by atoms with Crippen LogP contribution >= 0.6 is 11.6 Å². The first-order valence-corrected chi connectivity index (χ1v) is 9.36. The summed E-state index contributed by atoms with van der Waals surface area (Å²) >= 11 is 6.46. The first-order chi connectivity index (χ1) is 12.2. The molecule has 6 heteroatoms. The molecule has 0 radical (unpaired) electrons. The minimum absolute atomic E-state index is 0.289. The number of aromatic nitrogens is 1. The van der Waals surface area contributed by atoms with Crippen molar-refractivity contribution in [3.8, 4) is 0 Å². The maximum Gasteiger partial charge on any atom is 0.225 e. The number of halogens is 1. The summed E-state index contributed by atoms with van der Waals surface area (Å²) in [6.07, 6.45) is 4.70. The van der Waals surface area contributed by atoms with Crippen molar-refractivity contribution in [3.05, 3.63) is 35.0 Å². The molecule has 1 saturated heterocycles. The second-order valence-corrected chi connectivity index (χ2v) is 7.30. The van der Waals surface area contributed by atoms with Crippen LogP contribution in [0.5, 0.6) is 0 Å². The fraction of sp³-hybridized carbons (Fsp3) is 0.474. The number of carbonyl (C=O) groups excluding carboxylic acids is 1. The van der Waals surface area contributed by atoms with Gasteiger partial charge in [-0.3, -0.25) is 9.78 Å². The second-order valence-electron chi connectivity index (χ2n) is 6.89. The van der Waals surface area contributed by atoms with E-state index in [4.69, 9.17) is 17.3 Å². The van der Waals surface area contributed by atoms with E-state index in [1.54, 1.807) is 6.20 Å². The predicted octanol–water partition coefficient (Wildman–Crippen LogP) is 2.45. The number of anilines is 1. The fourth-order valence-corrected chi connectivity index (χ4v) is 3.96. The summed E-state index contributed by atoms with van der Waals surface area (Å²) in [5.74, 6) is 0.623. The lowest BCUT2D eigenvalue weighted by molar-refractivity contribution is -0.132. The summed E-state index contributed by atoms with van der Waals surface area (Å²) < 4.78 is 0. The maximum absolute atomic E-state index is 12.3. The number of hydrogen-bond acceptors (Lipinski definition) is 4. The van der Waals surface area contributed by atoms with Gasteiger partial charge in [-0.2, -0.15) is 0 Å². The summed E-state index contributed by atoms with van der Waals surface area (Å²) in [4.78, 5) is 21.3. The Hall–Kier alpha value is -1.85. The van der Waals surface area contributed by atoms with Gasteiger partial charge in [-0.1, -0.05) is 11.6 Å². The molecule has 0 unspecified atom stereocenters. The van der Waals surface area contributed by atoms with Gasteiger partial charge in [0.2, 0.25) is 5.91 Å². The average molecular weight is 359 g/mol. The fourth-order valence-electron chi connectivity index (χ4n) is 3.68. The molecule has 2 heterocycles. The van der Waals surface area contributed by atoms with E-state index in [0.717, 1.165) is 72.6 Å². The molecule has 0 bridgehead atoms. The lowest BCUT2D eigenvalue weighted by Gasteiger charge is -2.37. The predicted molar refractivity (Wildman–Crippen MR) is 101 cm³/mol. The van der Waals surface area contributed by atoms with Gasteiger partial charge in [-0.15, -0.1) is 0 Å². The molecule has 0 spiro atoms. The highest BCUT2D eigenvalue weighted by Gasteiger charge is 2.35. The number of nitrogens with two attached hydrogens (primary N) is 1. The van der Waals surface area contributed by atoms with E-state index in [1.807, 2.05) is 23.1 Å². The van der Waals surface area contributed by atoms with Gasteiger partial charge in [-0.05, 0) is 49.6 Å². The highest BCUT2D eigenvalue weighted by atomic mass is 35.5. The minimum Gasteiger partial charge on any atom is -0.366 e. The largest absolute Gasteiger partial charge is 0.366 e. The molecule has 1 amide bonds. The van der Waals surface area contributed by atoms with E-state index in [0.29, 0.717) is 12.5 Å². The van der Waals surface area contributed by atoms with E-state index >= 15 is 0 Å². The van der Waals surface area contributed by atoms with Gasteiger partial charge in [0.1, 0.15) is 0 Å². The van der Waals surface area contributed by atoms with E-state index in [1.165, 1.54) is 0 Å².